The predicted molar refractivity (Wildman–Crippen MR) is 80.5 cm³/mol. The molecule has 3 atom stereocenters. The highest BCUT2D eigenvalue weighted by atomic mass is 35.5. The van der Waals surface area contributed by atoms with Crippen molar-refractivity contribution in [2.24, 2.45) is 0 Å². The second-order valence-electron chi connectivity index (χ2n) is 5.91. The number of ether oxygens (including phenoxy) is 1. The van der Waals surface area contributed by atoms with Gasteiger partial charge in [-0.3, -0.25) is 4.90 Å². The molecule has 1 aromatic heterocycles. The second kappa shape index (κ2) is 5.29. The first-order valence-electron chi connectivity index (χ1n) is 7.44. The van der Waals surface area contributed by atoms with Crippen molar-refractivity contribution in [1.29, 1.82) is 0 Å². The molecule has 2 aromatic rings. The summed E-state index contributed by atoms with van der Waals surface area (Å²) in [7, 11) is 0. The highest BCUT2D eigenvalue weighted by Crippen LogP contribution is 2.33. The number of aliphatic hydroxyl groups is 1. The van der Waals surface area contributed by atoms with Gasteiger partial charge in [0.05, 0.1) is 11.6 Å². The van der Waals surface area contributed by atoms with E-state index in [-0.39, 0.29) is 6.10 Å². The average Bonchev–Trinajstić information content (AvgIpc) is 3.12. The molecule has 3 heterocycles. The fourth-order valence-corrected chi connectivity index (χ4v) is 3.63. The maximum atomic E-state index is 10.6. The molecule has 0 spiro atoms. The van der Waals surface area contributed by atoms with Gasteiger partial charge in [0.2, 0.25) is 0 Å². The summed E-state index contributed by atoms with van der Waals surface area (Å²) < 4.78 is 11.6. The summed E-state index contributed by atoms with van der Waals surface area (Å²) in [6, 6.07) is 7.97. The highest BCUT2D eigenvalue weighted by Gasteiger charge is 2.36. The lowest BCUT2D eigenvalue weighted by Gasteiger charge is -2.36. The normalized spacial score (nSPS) is 27.9. The standard InChI is InChI=1S/C16H18ClNO3/c17-12-5-1-3-10-7-13(21-16(10)12)15(19)14-8-18-6-2-4-11(18)9-20-14/h1,3,5,7,11,14-15,19H,2,4,6,8-9H2. The van der Waals surface area contributed by atoms with Gasteiger partial charge in [-0.1, -0.05) is 23.7 Å². The SMILES string of the molecule is OC(c1cc2cccc(Cl)c2o1)C1CN2CCCC2CO1. The molecule has 4 rings (SSSR count). The topological polar surface area (TPSA) is 45.8 Å². The van der Waals surface area contributed by atoms with Gasteiger partial charge in [0.15, 0.2) is 5.58 Å². The van der Waals surface area contributed by atoms with Crippen LogP contribution in [0, 0.1) is 0 Å². The number of aliphatic hydroxyl groups excluding tert-OH is 1. The van der Waals surface area contributed by atoms with Crippen LogP contribution in [-0.2, 0) is 4.74 Å². The van der Waals surface area contributed by atoms with Gasteiger partial charge in [-0.15, -0.1) is 0 Å². The summed E-state index contributed by atoms with van der Waals surface area (Å²) in [5.74, 6) is 0.528. The van der Waals surface area contributed by atoms with Gasteiger partial charge in [0.1, 0.15) is 18.0 Å². The number of halogens is 1. The number of nitrogens with zero attached hydrogens (tertiary/aromatic N) is 1. The molecule has 2 aliphatic heterocycles. The Bertz CT molecular complexity index is 656. The molecule has 112 valence electrons. The van der Waals surface area contributed by atoms with Crippen molar-refractivity contribution in [3.63, 3.8) is 0 Å². The number of hydrogen-bond donors (Lipinski definition) is 1. The Morgan fingerprint density at radius 3 is 3.14 bits per heavy atom. The summed E-state index contributed by atoms with van der Waals surface area (Å²) in [4.78, 5) is 2.41. The number of hydrogen-bond acceptors (Lipinski definition) is 4. The molecule has 2 saturated heterocycles. The van der Waals surface area contributed by atoms with Gasteiger partial charge >= 0.3 is 0 Å². The Morgan fingerprint density at radius 2 is 2.29 bits per heavy atom. The van der Waals surface area contributed by atoms with Gasteiger partial charge in [-0.05, 0) is 31.5 Å². The van der Waals surface area contributed by atoms with E-state index in [0.29, 0.717) is 29.0 Å². The van der Waals surface area contributed by atoms with Crippen molar-refractivity contribution in [1.82, 2.24) is 4.90 Å². The fourth-order valence-electron chi connectivity index (χ4n) is 3.41. The van der Waals surface area contributed by atoms with Gasteiger partial charge < -0.3 is 14.3 Å². The molecule has 1 aromatic carbocycles. The fraction of sp³-hybridized carbons (Fsp3) is 0.500. The van der Waals surface area contributed by atoms with E-state index in [0.717, 1.165) is 18.5 Å². The molecule has 21 heavy (non-hydrogen) atoms. The number of furan rings is 1. The molecular weight excluding hydrogens is 290 g/mol. The van der Waals surface area contributed by atoms with Gasteiger partial charge in [-0.2, -0.15) is 0 Å². The van der Waals surface area contributed by atoms with Crippen LogP contribution in [0.15, 0.2) is 28.7 Å². The second-order valence-corrected chi connectivity index (χ2v) is 6.32. The Hall–Kier alpha value is -1.07. The van der Waals surface area contributed by atoms with E-state index in [9.17, 15) is 5.11 Å². The van der Waals surface area contributed by atoms with E-state index in [1.54, 1.807) is 6.07 Å². The Balaban J connectivity index is 1.58. The molecule has 3 unspecified atom stereocenters. The monoisotopic (exact) mass is 307 g/mol. The predicted octanol–water partition coefficient (Wildman–Crippen LogP) is 2.98. The van der Waals surface area contributed by atoms with Crippen molar-refractivity contribution in [3.05, 3.63) is 35.0 Å². The summed E-state index contributed by atoms with van der Waals surface area (Å²) in [5, 5.41) is 12.0. The van der Waals surface area contributed by atoms with Gasteiger partial charge in [-0.25, -0.2) is 0 Å². The van der Waals surface area contributed by atoms with Crippen LogP contribution in [0.3, 0.4) is 0 Å². The minimum absolute atomic E-state index is 0.237. The third-order valence-corrected chi connectivity index (χ3v) is 4.87. The number of para-hydroxylation sites is 1. The van der Waals surface area contributed by atoms with Crippen LogP contribution in [0.5, 0.6) is 0 Å². The van der Waals surface area contributed by atoms with Crippen molar-refractivity contribution < 1.29 is 14.3 Å². The van der Waals surface area contributed by atoms with E-state index >= 15 is 0 Å². The number of fused-ring (bicyclic) bond motifs is 2. The molecule has 2 aliphatic rings. The lowest BCUT2D eigenvalue weighted by Crippen LogP contribution is -2.48. The van der Waals surface area contributed by atoms with Crippen LogP contribution >= 0.6 is 11.6 Å². The molecule has 0 radical (unpaired) electrons. The Labute approximate surface area is 128 Å². The first kappa shape index (κ1) is 13.6. The quantitative estimate of drug-likeness (QED) is 0.926. The summed E-state index contributed by atoms with van der Waals surface area (Å²) in [6.45, 7) is 2.56. The molecule has 2 fully saturated rings. The Morgan fingerprint density at radius 1 is 1.38 bits per heavy atom. The number of rotatable bonds is 2. The summed E-state index contributed by atoms with van der Waals surface area (Å²) in [6.07, 6.45) is 1.42. The molecule has 0 saturated carbocycles. The van der Waals surface area contributed by atoms with Crippen LogP contribution < -0.4 is 0 Å². The van der Waals surface area contributed by atoms with Crippen LogP contribution in [0.1, 0.15) is 24.7 Å². The number of benzene rings is 1. The highest BCUT2D eigenvalue weighted by molar-refractivity contribution is 6.34. The lowest BCUT2D eigenvalue weighted by atomic mass is 10.1. The smallest absolute Gasteiger partial charge is 0.152 e. The first-order chi connectivity index (χ1) is 10.2. The molecule has 1 N–H and O–H groups in total. The lowest BCUT2D eigenvalue weighted by molar-refractivity contribution is -0.108. The van der Waals surface area contributed by atoms with Crippen LogP contribution in [0.2, 0.25) is 5.02 Å². The largest absolute Gasteiger partial charge is 0.457 e. The van der Waals surface area contributed by atoms with Gasteiger partial charge in [0, 0.05) is 18.0 Å². The van der Waals surface area contributed by atoms with Gasteiger partial charge in [0.25, 0.3) is 0 Å². The maximum Gasteiger partial charge on any atom is 0.152 e. The molecule has 0 amide bonds. The Kier molecular flexibility index (Phi) is 3.42. The van der Waals surface area contributed by atoms with E-state index in [2.05, 4.69) is 4.90 Å². The minimum atomic E-state index is -0.755. The zero-order chi connectivity index (χ0) is 14.4. The minimum Gasteiger partial charge on any atom is -0.457 e. The van der Waals surface area contributed by atoms with E-state index in [1.807, 2.05) is 18.2 Å². The third-order valence-electron chi connectivity index (χ3n) is 4.57. The van der Waals surface area contributed by atoms with Crippen molar-refractivity contribution in [2.45, 2.75) is 31.1 Å². The summed E-state index contributed by atoms with van der Waals surface area (Å²) in [5.41, 5.74) is 0.628. The molecular formula is C16H18ClNO3. The number of morpholine rings is 1. The molecule has 5 heteroatoms. The maximum absolute atomic E-state index is 10.6. The summed E-state index contributed by atoms with van der Waals surface area (Å²) >= 11 is 6.12. The molecule has 4 nitrogen and oxygen atoms in total. The van der Waals surface area contributed by atoms with E-state index in [4.69, 9.17) is 20.8 Å². The average molecular weight is 308 g/mol. The first-order valence-corrected chi connectivity index (χ1v) is 7.82. The van der Waals surface area contributed by atoms with Crippen molar-refractivity contribution >= 4 is 22.6 Å². The van der Waals surface area contributed by atoms with Crippen LogP contribution in [-0.4, -0.2) is 41.8 Å². The van der Waals surface area contributed by atoms with E-state index in [1.165, 1.54) is 12.8 Å². The van der Waals surface area contributed by atoms with Crippen LogP contribution in [0.4, 0.5) is 0 Å². The van der Waals surface area contributed by atoms with Crippen molar-refractivity contribution in [3.8, 4) is 0 Å². The molecule has 0 bridgehead atoms. The zero-order valence-electron chi connectivity index (χ0n) is 11.7. The zero-order valence-corrected chi connectivity index (χ0v) is 12.4. The van der Waals surface area contributed by atoms with E-state index < -0.39 is 6.10 Å². The molecule has 0 aliphatic carbocycles. The van der Waals surface area contributed by atoms with Crippen LogP contribution in [0.25, 0.3) is 11.0 Å². The van der Waals surface area contributed by atoms with Crippen molar-refractivity contribution in [2.75, 3.05) is 19.7 Å². The third kappa shape index (κ3) is 2.36.